The van der Waals surface area contributed by atoms with E-state index >= 15 is 0 Å². The van der Waals surface area contributed by atoms with Crippen LogP contribution in [0.25, 0.3) is 0 Å². The Hall–Kier alpha value is -2.28. The van der Waals surface area contributed by atoms with Crippen molar-refractivity contribution in [3.63, 3.8) is 0 Å². The van der Waals surface area contributed by atoms with E-state index < -0.39 is 0 Å². The van der Waals surface area contributed by atoms with Gasteiger partial charge in [0.15, 0.2) is 11.5 Å². The van der Waals surface area contributed by atoms with Gasteiger partial charge in [-0.2, -0.15) is 0 Å². The van der Waals surface area contributed by atoms with Crippen LogP contribution in [0.15, 0.2) is 18.2 Å². The molecule has 0 saturated carbocycles. The minimum atomic E-state index is -0.379. The highest BCUT2D eigenvalue weighted by atomic mass is 16.5. The van der Waals surface area contributed by atoms with Crippen LogP contribution in [0.1, 0.15) is 48.9 Å². The first-order valence-electron chi connectivity index (χ1n) is 11.1. The number of phenolic OH excluding ortho intramolecular Hbond substituents is 1. The van der Waals surface area contributed by atoms with E-state index in [2.05, 4.69) is 9.80 Å². The van der Waals surface area contributed by atoms with E-state index in [0.717, 1.165) is 45.3 Å². The van der Waals surface area contributed by atoms with Gasteiger partial charge in [-0.25, -0.2) is 4.79 Å². The second kappa shape index (κ2) is 7.76. The van der Waals surface area contributed by atoms with Crippen LogP contribution < -0.4 is 4.74 Å². The molecule has 1 aromatic rings. The fraction of sp³-hybridized carbons (Fsp3) is 0.652. The minimum Gasteiger partial charge on any atom is -0.504 e. The quantitative estimate of drug-likeness (QED) is 0.766. The molecule has 7 nitrogen and oxygen atoms in total. The third-order valence-corrected chi connectivity index (χ3v) is 7.61. The SMILES string of the molecule is COc1cc(C(=O)OC2CCN3CC4CC(CN5C(=O)CCCC45)C3C2)ccc1O. The molecular weight excluding hydrogens is 384 g/mol. The highest BCUT2D eigenvalue weighted by molar-refractivity contribution is 5.90. The topological polar surface area (TPSA) is 79.3 Å². The minimum absolute atomic E-state index is 0.00183. The molecular formula is C23H30N2O5. The van der Waals surface area contributed by atoms with Crippen LogP contribution in [0.3, 0.4) is 0 Å². The molecule has 1 N–H and O–H groups in total. The Kier molecular flexibility index (Phi) is 5.09. The number of carbonyl (C=O) groups is 2. The second-order valence-corrected chi connectivity index (χ2v) is 9.26. The summed E-state index contributed by atoms with van der Waals surface area (Å²) in [4.78, 5) is 29.9. The maximum atomic E-state index is 12.7. The van der Waals surface area contributed by atoms with Crippen molar-refractivity contribution in [1.29, 1.82) is 0 Å². The maximum Gasteiger partial charge on any atom is 0.338 e. The summed E-state index contributed by atoms with van der Waals surface area (Å²) >= 11 is 0. The predicted octanol–water partition coefficient (Wildman–Crippen LogP) is 2.42. The number of ether oxygens (including phenoxy) is 2. The zero-order valence-electron chi connectivity index (χ0n) is 17.5. The molecule has 162 valence electrons. The third-order valence-electron chi connectivity index (χ3n) is 7.61. The maximum absolute atomic E-state index is 12.7. The smallest absolute Gasteiger partial charge is 0.338 e. The van der Waals surface area contributed by atoms with Crippen molar-refractivity contribution in [1.82, 2.24) is 9.80 Å². The number of esters is 1. The molecule has 4 aliphatic heterocycles. The molecule has 4 aliphatic rings. The van der Waals surface area contributed by atoms with E-state index in [1.165, 1.54) is 25.7 Å². The number of rotatable bonds is 3. The van der Waals surface area contributed by atoms with Gasteiger partial charge in [-0.3, -0.25) is 9.69 Å². The number of amides is 1. The first-order chi connectivity index (χ1) is 14.5. The summed E-state index contributed by atoms with van der Waals surface area (Å²) in [5.41, 5.74) is 0.384. The molecule has 0 spiro atoms. The third kappa shape index (κ3) is 3.43. The predicted molar refractivity (Wildman–Crippen MR) is 109 cm³/mol. The summed E-state index contributed by atoms with van der Waals surface area (Å²) in [6.45, 7) is 2.86. The van der Waals surface area contributed by atoms with Crippen molar-refractivity contribution in [3.05, 3.63) is 23.8 Å². The summed E-state index contributed by atoms with van der Waals surface area (Å²) in [7, 11) is 1.46. The van der Waals surface area contributed by atoms with Crippen molar-refractivity contribution in [3.8, 4) is 11.5 Å². The Morgan fingerprint density at radius 2 is 1.97 bits per heavy atom. The lowest BCUT2D eigenvalue weighted by atomic mass is 9.70. The number of fused-ring (bicyclic) bond motifs is 6. The summed E-state index contributed by atoms with van der Waals surface area (Å²) in [5, 5.41) is 9.74. The van der Waals surface area contributed by atoms with Gasteiger partial charge in [0.25, 0.3) is 0 Å². The highest BCUT2D eigenvalue weighted by Crippen LogP contribution is 2.43. The lowest BCUT2D eigenvalue weighted by Crippen LogP contribution is -2.65. The number of nitrogens with zero attached hydrogens (tertiary/aromatic N) is 2. The largest absolute Gasteiger partial charge is 0.504 e. The number of aromatic hydroxyl groups is 1. The molecule has 1 aromatic carbocycles. The van der Waals surface area contributed by atoms with E-state index in [0.29, 0.717) is 41.8 Å². The van der Waals surface area contributed by atoms with E-state index in [1.54, 1.807) is 6.07 Å². The van der Waals surface area contributed by atoms with Gasteiger partial charge in [-0.05, 0) is 55.7 Å². The fourth-order valence-corrected chi connectivity index (χ4v) is 6.18. The molecule has 2 bridgehead atoms. The lowest BCUT2D eigenvalue weighted by Gasteiger charge is -2.57. The molecule has 1 amide bonds. The molecule has 0 radical (unpaired) electrons. The van der Waals surface area contributed by atoms with Gasteiger partial charge in [0.1, 0.15) is 6.10 Å². The van der Waals surface area contributed by atoms with Gasteiger partial charge in [-0.1, -0.05) is 0 Å². The van der Waals surface area contributed by atoms with Crippen LogP contribution in [0.2, 0.25) is 0 Å². The number of carbonyl (C=O) groups excluding carboxylic acids is 2. The Bertz CT molecular complexity index is 843. The summed E-state index contributed by atoms with van der Waals surface area (Å²) in [6.07, 6.45) is 5.61. The molecule has 4 heterocycles. The van der Waals surface area contributed by atoms with Gasteiger partial charge >= 0.3 is 5.97 Å². The van der Waals surface area contributed by atoms with Gasteiger partial charge < -0.3 is 19.5 Å². The van der Waals surface area contributed by atoms with E-state index in [9.17, 15) is 14.7 Å². The van der Waals surface area contributed by atoms with Gasteiger partial charge in [0.2, 0.25) is 5.91 Å². The van der Waals surface area contributed by atoms with Crippen LogP contribution in [0, 0.1) is 11.8 Å². The van der Waals surface area contributed by atoms with Crippen LogP contribution in [0.4, 0.5) is 0 Å². The monoisotopic (exact) mass is 414 g/mol. The number of hydrogen-bond acceptors (Lipinski definition) is 6. The van der Waals surface area contributed by atoms with Crippen LogP contribution >= 0.6 is 0 Å². The Morgan fingerprint density at radius 1 is 1.13 bits per heavy atom. The summed E-state index contributed by atoms with van der Waals surface area (Å²) in [6, 6.07) is 5.33. The molecule has 0 aliphatic carbocycles. The number of phenols is 1. The fourth-order valence-electron chi connectivity index (χ4n) is 6.18. The second-order valence-electron chi connectivity index (χ2n) is 9.26. The zero-order valence-corrected chi connectivity index (χ0v) is 17.5. The molecule has 7 heteroatoms. The molecule has 4 fully saturated rings. The van der Waals surface area contributed by atoms with Gasteiger partial charge in [-0.15, -0.1) is 0 Å². The van der Waals surface area contributed by atoms with Crippen molar-refractivity contribution in [2.75, 3.05) is 26.7 Å². The van der Waals surface area contributed by atoms with Crippen molar-refractivity contribution in [2.24, 2.45) is 11.8 Å². The van der Waals surface area contributed by atoms with Gasteiger partial charge in [0.05, 0.1) is 12.7 Å². The molecule has 5 rings (SSSR count). The highest BCUT2D eigenvalue weighted by Gasteiger charge is 2.49. The average Bonchev–Trinajstić information content (AvgIpc) is 2.75. The Labute approximate surface area is 176 Å². The normalized spacial score (nSPS) is 33.4. The van der Waals surface area contributed by atoms with E-state index in [1.807, 2.05) is 0 Å². The first kappa shape index (κ1) is 19.7. The van der Waals surface area contributed by atoms with E-state index in [-0.39, 0.29) is 23.6 Å². The zero-order chi connectivity index (χ0) is 20.8. The van der Waals surface area contributed by atoms with Crippen molar-refractivity contribution < 1.29 is 24.2 Å². The van der Waals surface area contributed by atoms with E-state index in [4.69, 9.17) is 9.47 Å². The molecule has 4 saturated heterocycles. The number of hydrogen-bond donors (Lipinski definition) is 1. The van der Waals surface area contributed by atoms with Crippen molar-refractivity contribution >= 4 is 11.9 Å². The number of methoxy groups -OCH3 is 1. The van der Waals surface area contributed by atoms with Crippen LogP contribution in [0.5, 0.6) is 11.5 Å². The summed E-state index contributed by atoms with van der Waals surface area (Å²) in [5.74, 6) is 1.28. The Balaban J connectivity index is 1.26. The molecule has 0 aromatic heterocycles. The lowest BCUT2D eigenvalue weighted by molar-refractivity contribution is -0.150. The Morgan fingerprint density at radius 3 is 2.80 bits per heavy atom. The van der Waals surface area contributed by atoms with Crippen molar-refractivity contribution in [2.45, 2.75) is 56.7 Å². The number of piperidine rings is 4. The molecule has 5 unspecified atom stereocenters. The van der Waals surface area contributed by atoms with Crippen LogP contribution in [-0.2, 0) is 9.53 Å². The van der Waals surface area contributed by atoms with Gasteiger partial charge in [0, 0.05) is 44.6 Å². The molecule has 5 atom stereocenters. The number of benzene rings is 1. The standard InChI is InChI=1S/C23H30N2O5/c1-29-21-10-14(5-6-20(21)26)23(28)30-17-7-8-24-12-15-9-16(19(24)11-17)13-25-18(15)3-2-4-22(25)27/h5-6,10,15-19,26H,2-4,7-9,11-13H2,1H3. The first-order valence-corrected chi connectivity index (χ1v) is 11.1. The summed E-state index contributed by atoms with van der Waals surface area (Å²) < 4.78 is 10.9. The molecule has 30 heavy (non-hydrogen) atoms. The average molecular weight is 415 g/mol. The van der Waals surface area contributed by atoms with Crippen LogP contribution in [-0.4, -0.2) is 71.7 Å².